The van der Waals surface area contributed by atoms with Crippen LogP contribution in [0.15, 0.2) is 16.3 Å². The number of nitrogens with zero attached hydrogens (tertiary/aromatic N) is 2. The number of allylic oxidation sites excluding steroid dienone is 1. The van der Waals surface area contributed by atoms with E-state index in [-0.39, 0.29) is 5.92 Å². The maximum Gasteiger partial charge on any atom is 0.126 e. The largest absolute Gasteiger partial charge is 0.386 e. The molecule has 0 aromatic rings. The molecule has 4 heteroatoms. The first kappa shape index (κ1) is 10.1. The third-order valence-electron chi connectivity index (χ3n) is 2.12. The van der Waals surface area contributed by atoms with Crippen molar-refractivity contribution in [1.82, 2.24) is 0 Å². The van der Waals surface area contributed by atoms with E-state index in [9.17, 15) is 0 Å². The number of rotatable bonds is 3. The Morgan fingerprint density at radius 3 is 2.85 bits per heavy atom. The molecule has 0 fully saturated rings. The second kappa shape index (κ2) is 4.33. The maximum atomic E-state index is 8.80. The SMILES string of the molecule is CSCCC1=C(C)[C@H](C#N)C(N)=N1. The van der Waals surface area contributed by atoms with Crippen LogP contribution < -0.4 is 5.73 Å². The number of hydrogen-bond acceptors (Lipinski definition) is 4. The van der Waals surface area contributed by atoms with Crippen LogP contribution in [0.25, 0.3) is 0 Å². The van der Waals surface area contributed by atoms with E-state index in [1.165, 1.54) is 0 Å². The molecule has 0 saturated carbocycles. The Bertz CT molecular complexity index is 298. The van der Waals surface area contributed by atoms with Gasteiger partial charge in [0.15, 0.2) is 0 Å². The molecule has 70 valence electrons. The van der Waals surface area contributed by atoms with E-state index in [2.05, 4.69) is 17.3 Å². The lowest BCUT2D eigenvalue weighted by molar-refractivity contribution is 0.998. The molecule has 0 aromatic heterocycles. The van der Waals surface area contributed by atoms with Crippen molar-refractivity contribution >= 4 is 17.6 Å². The Morgan fingerprint density at radius 2 is 2.38 bits per heavy atom. The van der Waals surface area contributed by atoms with Crippen LogP contribution in [0, 0.1) is 17.2 Å². The smallest absolute Gasteiger partial charge is 0.126 e. The Labute approximate surface area is 82.7 Å². The summed E-state index contributed by atoms with van der Waals surface area (Å²) in [4.78, 5) is 4.20. The number of aliphatic imine (C=N–C) groups is 1. The molecule has 13 heavy (non-hydrogen) atoms. The molecule has 0 saturated heterocycles. The Hall–Kier alpha value is -0.950. The number of hydrogen-bond donors (Lipinski definition) is 1. The summed E-state index contributed by atoms with van der Waals surface area (Å²) >= 11 is 1.77. The van der Waals surface area contributed by atoms with Crippen molar-refractivity contribution in [3.8, 4) is 6.07 Å². The van der Waals surface area contributed by atoms with Crippen molar-refractivity contribution in [1.29, 1.82) is 5.26 Å². The number of nitriles is 1. The number of thioether (sulfide) groups is 1. The monoisotopic (exact) mass is 195 g/mol. The molecule has 0 aromatic carbocycles. The van der Waals surface area contributed by atoms with Gasteiger partial charge in [-0.2, -0.15) is 17.0 Å². The van der Waals surface area contributed by atoms with Crippen LogP contribution in [-0.4, -0.2) is 17.8 Å². The van der Waals surface area contributed by atoms with Gasteiger partial charge in [-0.15, -0.1) is 0 Å². The summed E-state index contributed by atoms with van der Waals surface area (Å²) in [7, 11) is 0. The van der Waals surface area contributed by atoms with Crippen molar-refractivity contribution in [2.75, 3.05) is 12.0 Å². The minimum atomic E-state index is -0.281. The molecule has 1 heterocycles. The third kappa shape index (κ3) is 2.04. The topological polar surface area (TPSA) is 62.2 Å². The second-order valence-electron chi connectivity index (χ2n) is 2.97. The van der Waals surface area contributed by atoms with Crippen LogP contribution in [0.1, 0.15) is 13.3 Å². The average Bonchev–Trinajstić information content (AvgIpc) is 2.38. The van der Waals surface area contributed by atoms with Gasteiger partial charge in [-0.1, -0.05) is 0 Å². The first-order valence-electron chi connectivity index (χ1n) is 4.13. The molecule has 0 aliphatic carbocycles. The molecule has 1 aliphatic heterocycles. The standard InChI is InChI=1S/C9H13N3S/c1-6-7(5-10)9(11)12-8(6)3-4-13-2/h7H,3-4H2,1-2H3,(H2,11,12)/t7-/m0/s1. The zero-order valence-electron chi connectivity index (χ0n) is 7.87. The van der Waals surface area contributed by atoms with Crippen molar-refractivity contribution in [3.63, 3.8) is 0 Å². The highest BCUT2D eigenvalue weighted by Gasteiger charge is 2.23. The molecule has 1 aliphatic rings. The van der Waals surface area contributed by atoms with Gasteiger partial charge >= 0.3 is 0 Å². The van der Waals surface area contributed by atoms with Crippen LogP contribution in [-0.2, 0) is 0 Å². The van der Waals surface area contributed by atoms with Crippen molar-refractivity contribution in [2.45, 2.75) is 13.3 Å². The first-order chi connectivity index (χ1) is 6.20. The van der Waals surface area contributed by atoms with Crippen molar-refractivity contribution < 1.29 is 0 Å². The van der Waals surface area contributed by atoms with Crippen molar-refractivity contribution in [3.05, 3.63) is 11.3 Å². The minimum absolute atomic E-state index is 0.281. The van der Waals surface area contributed by atoms with Gasteiger partial charge in [0.2, 0.25) is 0 Å². The van der Waals surface area contributed by atoms with E-state index in [0.717, 1.165) is 23.4 Å². The van der Waals surface area contributed by atoms with Gasteiger partial charge < -0.3 is 5.73 Å². The van der Waals surface area contributed by atoms with Crippen LogP contribution in [0.5, 0.6) is 0 Å². The summed E-state index contributed by atoms with van der Waals surface area (Å²) < 4.78 is 0. The zero-order valence-corrected chi connectivity index (χ0v) is 8.69. The lowest BCUT2D eigenvalue weighted by Gasteiger charge is -2.01. The quantitative estimate of drug-likeness (QED) is 0.742. The lowest BCUT2D eigenvalue weighted by Crippen LogP contribution is -2.19. The van der Waals surface area contributed by atoms with Gasteiger partial charge in [0.05, 0.1) is 6.07 Å². The van der Waals surface area contributed by atoms with E-state index >= 15 is 0 Å². The van der Waals surface area contributed by atoms with Crippen LogP contribution in [0.2, 0.25) is 0 Å². The highest BCUT2D eigenvalue weighted by atomic mass is 32.2. The highest BCUT2D eigenvalue weighted by molar-refractivity contribution is 7.98. The van der Waals surface area contributed by atoms with Gasteiger partial charge in [-0.05, 0) is 30.9 Å². The van der Waals surface area contributed by atoms with Gasteiger partial charge in [-0.25, -0.2) is 4.99 Å². The maximum absolute atomic E-state index is 8.80. The molecular weight excluding hydrogens is 182 g/mol. The average molecular weight is 195 g/mol. The van der Waals surface area contributed by atoms with Gasteiger partial charge in [-0.3, -0.25) is 0 Å². The number of nitrogens with two attached hydrogens (primary N) is 1. The second-order valence-corrected chi connectivity index (χ2v) is 3.96. The number of amidine groups is 1. The predicted molar refractivity (Wildman–Crippen MR) is 56.4 cm³/mol. The Kier molecular flexibility index (Phi) is 3.38. The normalized spacial score (nSPS) is 21.6. The highest BCUT2D eigenvalue weighted by Crippen LogP contribution is 2.26. The molecule has 0 spiro atoms. The third-order valence-corrected chi connectivity index (χ3v) is 2.73. The molecule has 3 nitrogen and oxygen atoms in total. The minimum Gasteiger partial charge on any atom is -0.386 e. The van der Waals surface area contributed by atoms with E-state index in [0.29, 0.717) is 5.84 Å². The van der Waals surface area contributed by atoms with Crippen molar-refractivity contribution in [2.24, 2.45) is 16.6 Å². The lowest BCUT2D eigenvalue weighted by atomic mass is 10.0. The van der Waals surface area contributed by atoms with E-state index in [4.69, 9.17) is 11.0 Å². The fraction of sp³-hybridized carbons (Fsp3) is 0.556. The molecule has 0 unspecified atom stereocenters. The molecule has 0 bridgehead atoms. The fourth-order valence-corrected chi connectivity index (χ4v) is 1.71. The summed E-state index contributed by atoms with van der Waals surface area (Å²) in [5.74, 6) is 1.20. The van der Waals surface area contributed by atoms with Gasteiger partial charge in [0.25, 0.3) is 0 Å². The van der Waals surface area contributed by atoms with Gasteiger partial charge in [0.1, 0.15) is 11.8 Å². The van der Waals surface area contributed by atoms with Gasteiger partial charge in [0, 0.05) is 5.70 Å². The predicted octanol–water partition coefficient (Wildman–Crippen LogP) is 1.52. The van der Waals surface area contributed by atoms with E-state index in [1.807, 2.05) is 6.92 Å². The van der Waals surface area contributed by atoms with Crippen LogP contribution >= 0.6 is 11.8 Å². The molecular formula is C9H13N3S. The fourth-order valence-electron chi connectivity index (χ4n) is 1.31. The Balaban J connectivity index is 2.74. The van der Waals surface area contributed by atoms with E-state index in [1.54, 1.807) is 11.8 Å². The van der Waals surface area contributed by atoms with Crippen LogP contribution in [0.4, 0.5) is 0 Å². The van der Waals surface area contributed by atoms with Crippen LogP contribution in [0.3, 0.4) is 0 Å². The summed E-state index contributed by atoms with van der Waals surface area (Å²) in [6.07, 6.45) is 2.96. The molecule has 1 atom stereocenters. The zero-order chi connectivity index (χ0) is 9.84. The summed E-state index contributed by atoms with van der Waals surface area (Å²) in [5, 5.41) is 8.80. The molecule has 1 rings (SSSR count). The molecule has 2 N–H and O–H groups in total. The molecule has 0 radical (unpaired) electrons. The summed E-state index contributed by atoms with van der Waals surface area (Å²) in [6.45, 7) is 1.94. The summed E-state index contributed by atoms with van der Waals surface area (Å²) in [5.41, 5.74) is 7.64. The summed E-state index contributed by atoms with van der Waals surface area (Å²) in [6, 6.07) is 2.15. The Morgan fingerprint density at radius 1 is 1.69 bits per heavy atom. The molecule has 0 amide bonds. The van der Waals surface area contributed by atoms with E-state index < -0.39 is 0 Å². The first-order valence-corrected chi connectivity index (χ1v) is 5.52.